The van der Waals surface area contributed by atoms with Gasteiger partial charge in [-0.2, -0.15) is 0 Å². The fourth-order valence-electron chi connectivity index (χ4n) is 5.94. The van der Waals surface area contributed by atoms with Crippen molar-refractivity contribution in [3.63, 3.8) is 0 Å². The quantitative estimate of drug-likeness (QED) is 0.288. The Kier molecular flexibility index (Phi) is 4.98. The smallest absolute Gasteiger partial charge is 0.316 e. The van der Waals surface area contributed by atoms with Crippen molar-refractivity contribution < 1.29 is 28.7 Å². The van der Waals surface area contributed by atoms with Crippen molar-refractivity contribution in [3.05, 3.63) is 60.7 Å². The minimum absolute atomic E-state index is 0.0397. The summed E-state index contributed by atoms with van der Waals surface area (Å²) in [5, 5.41) is 0. The van der Waals surface area contributed by atoms with E-state index in [0.29, 0.717) is 17.1 Å². The molecule has 6 rings (SSSR count). The van der Waals surface area contributed by atoms with Gasteiger partial charge in [-0.3, -0.25) is 19.2 Å². The molecule has 5 atom stereocenters. The molecule has 0 spiro atoms. The van der Waals surface area contributed by atoms with Crippen LogP contribution in [-0.2, 0) is 19.2 Å². The molecule has 2 heterocycles. The fraction of sp³-hybridized carbons (Fsp3) is 0.333. The highest BCUT2D eigenvalue weighted by atomic mass is 16.5. The molecule has 0 aromatic heterocycles. The lowest BCUT2D eigenvalue weighted by molar-refractivity contribution is -0.139. The second-order valence-corrected chi connectivity index (χ2v) is 9.54. The van der Waals surface area contributed by atoms with Gasteiger partial charge in [0.1, 0.15) is 11.5 Å². The minimum atomic E-state index is -0.631. The average Bonchev–Trinajstić information content (AvgIpc) is 3.63. The zero-order valence-corrected chi connectivity index (χ0v) is 19.1. The molecule has 2 aliphatic heterocycles. The number of nitrogens with zero attached hydrogens (tertiary/aromatic N) is 2. The number of benzene rings is 2. The molecule has 35 heavy (non-hydrogen) atoms. The van der Waals surface area contributed by atoms with Gasteiger partial charge in [-0.15, -0.1) is 0 Å². The first-order valence-corrected chi connectivity index (χ1v) is 11.8. The SMILES string of the molecule is COc1cccc(N2C[C@@H](C(=O)Oc3cccc(N4C(=O)[C@@H]5[C@H](C4=O)[C@H]4C=C[C@H]5C4)c3)CC2=O)c1. The number of amides is 3. The first kappa shape index (κ1) is 21.6. The van der Waals surface area contributed by atoms with Gasteiger partial charge in [0.05, 0.1) is 30.6 Å². The molecule has 4 aliphatic rings. The molecule has 2 aromatic carbocycles. The van der Waals surface area contributed by atoms with E-state index in [4.69, 9.17) is 9.47 Å². The summed E-state index contributed by atoms with van der Waals surface area (Å²) in [6.45, 7) is 0.201. The molecule has 1 saturated carbocycles. The van der Waals surface area contributed by atoms with Crippen molar-refractivity contribution >= 4 is 35.1 Å². The maximum absolute atomic E-state index is 13.1. The van der Waals surface area contributed by atoms with E-state index in [1.54, 1.807) is 60.5 Å². The number of esters is 1. The fourth-order valence-corrected chi connectivity index (χ4v) is 5.94. The highest BCUT2D eigenvalue weighted by Crippen LogP contribution is 2.53. The zero-order valence-electron chi connectivity index (χ0n) is 19.1. The number of imide groups is 1. The predicted molar refractivity (Wildman–Crippen MR) is 126 cm³/mol. The lowest BCUT2D eigenvalue weighted by Gasteiger charge is -2.18. The number of anilines is 2. The number of ether oxygens (including phenoxy) is 2. The van der Waals surface area contributed by atoms with Gasteiger partial charge in [0.15, 0.2) is 0 Å². The lowest BCUT2D eigenvalue weighted by Crippen LogP contribution is -2.32. The molecular weight excluding hydrogens is 448 g/mol. The second-order valence-electron chi connectivity index (χ2n) is 9.54. The summed E-state index contributed by atoms with van der Waals surface area (Å²) in [7, 11) is 1.55. The Morgan fingerprint density at radius 1 is 0.886 bits per heavy atom. The molecular formula is C27H24N2O6. The minimum Gasteiger partial charge on any atom is -0.497 e. The Hall–Kier alpha value is -3.94. The molecule has 2 aliphatic carbocycles. The molecule has 2 saturated heterocycles. The van der Waals surface area contributed by atoms with E-state index in [1.165, 1.54) is 4.90 Å². The van der Waals surface area contributed by atoms with E-state index in [2.05, 4.69) is 12.2 Å². The second kappa shape index (κ2) is 8.08. The summed E-state index contributed by atoms with van der Waals surface area (Å²) in [5.74, 6) is -1.18. The molecule has 178 valence electrons. The lowest BCUT2D eigenvalue weighted by atomic mass is 9.85. The van der Waals surface area contributed by atoms with E-state index in [0.717, 1.165) is 6.42 Å². The van der Waals surface area contributed by atoms with Gasteiger partial charge in [0.2, 0.25) is 17.7 Å². The summed E-state index contributed by atoms with van der Waals surface area (Å²) < 4.78 is 10.8. The van der Waals surface area contributed by atoms with Gasteiger partial charge < -0.3 is 14.4 Å². The van der Waals surface area contributed by atoms with Crippen LogP contribution in [0.25, 0.3) is 0 Å². The third kappa shape index (κ3) is 3.43. The van der Waals surface area contributed by atoms with Crippen molar-refractivity contribution in [2.75, 3.05) is 23.5 Å². The molecule has 3 amide bonds. The molecule has 0 N–H and O–H groups in total. The van der Waals surface area contributed by atoms with E-state index in [-0.39, 0.29) is 60.1 Å². The van der Waals surface area contributed by atoms with Crippen molar-refractivity contribution in [1.82, 2.24) is 0 Å². The van der Waals surface area contributed by atoms with Crippen LogP contribution in [0.3, 0.4) is 0 Å². The molecule has 8 nitrogen and oxygen atoms in total. The van der Waals surface area contributed by atoms with Crippen molar-refractivity contribution in [2.45, 2.75) is 12.8 Å². The van der Waals surface area contributed by atoms with Crippen LogP contribution in [0.2, 0.25) is 0 Å². The largest absolute Gasteiger partial charge is 0.497 e. The average molecular weight is 472 g/mol. The summed E-state index contributed by atoms with van der Waals surface area (Å²) >= 11 is 0. The Morgan fingerprint density at radius 2 is 1.51 bits per heavy atom. The third-order valence-electron chi connectivity index (χ3n) is 7.59. The van der Waals surface area contributed by atoms with Gasteiger partial charge in [-0.05, 0) is 42.5 Å². The number of rotatable bonds is 5. The molecule has 0 unspecified atom stereocenters. The van der Waals surface area contributed by atoms with Crippen molar-refractivity contribution in [1.29, 1.82) is 0 Å². The molecule has 0 radical (unpaired) electrons. The van der Waals surface area contributed by atoms with Crippen LogP contribution in [0.5, 0.6) is 11.5 Å². The number of allylic oxidation sites excluding steroid dienone is 2. The van der Waals surface area contributed by atoms with Gasteiger partial charge in [-0.1, -0.05) is 24.3 Å². The van der Waals surface area contributed by atoms with E-state index in [1.807, 2.05) is 0 Å². The van der Waals surface area contributed by atoms with Crippen LogP contribution in [0.15, 0.2) is 60.7 Å². The summed E-state index contributed by atoms with van der Waals surface area (Å²) in [5.41, 5.74) is 1.06. The number of hydrogen-bond acceptors (Lipinski definition) is 6. The first-order valence-electron chi connectivity index (χ1n) is 11.8. The molecule has 8 heteroatoms. The van der Waals surface area contributed by atoms with Crippen LogP contribution < -0.4 is 19.3 Å². The number of methoxy groups -OCH3 is 1. The van der Waals surface area contributed by atoms with Gasteiger partial charge in [-0.25, -0.2) is 4.90 Å². The van der Waals surface area contributed by atoms with Crippen molar-refractivity contribution in [2.24, 2.45) is 29.6 Å². The van der Waals surface area contributed by atoms with E-state index in [9.17, 15) is 19.2 Å². The van der Waals surface area contributed by atoms with Crippen molar-refractivity contribution in [3.8, 4) is 11.5 Å². The normalized spacial score (nSPS) is 28.7. The van der Waals surface area contributed by atoms with Gasteiger partial charge in [0, 0.05) is 30.8 Å². The van der Waals surface area contributed by atoms with Gasteiger partial charge in [0.25, 0.3) is 0 Å². The highest BCUT2D eigenvalue weighted by molar-refractivity contribution is 6.22. The summed E-state index contributed by atoms with van der Waals surface area (Å²) in [4.78, 5) is 54.5. The maximum Gasteiger partial charge on any atom is 0.316 e. The van der Waals surface area contributed by atoms with Crippen LogP contribution in [-0.4, -0.2) is 37.3 Å². The number of carbonyl (C=O) groups excluding carboxylic acids is 4. The zero-order chi connectivity index (χ0) is 24.3. The van der Waals surface area contributed by atoms with Gasteiger partial charge >= 0.3 is 5.97 Å². The monoisotopic (exact) mass is 472 g/mol. The van der Waals surface area contributed by atoms with Crippen LogP contribution in [0.4, 0.5) is 11.4 Å². The summed E-state index contributed by atoms with van der Waals surface area (Å²) in [6, 6.07) is 13.6. The Balaban J connectivity index is 1.16. The molecule has 2 aromatic rings. The number of carbonyl (C=O) groups is 4. The number of fused-ring (bicyclic) bond motifs is 5. The van der Waals surface area contributed by atoms with Crippen LogP contribution in [0, 0.1) is 29.6 Å². The third-order valence-corrected chi connectivity index (χ3v) is 7.59. The standard InChI is InChI=1S/C27H24N2O6/c1-34-20-6-2-4-18(12-20)28-14-17(11-22(28)30)27(33)35-21-7-3-5-19(13-21)29-25(31)23-15-8-9-16(10-15)24(23)26(29)32/h2-9,12-13,15-17,23-24H,10-11,14H2,1H3/t15-,16-,17-,23-,24+/m0/s1. The molecule has 2 bridgehead atoms. The van der Waals surface area contributed by atoms with Crippen LogP contribution >= 0.6 is 0 Å². The highest BCUT2D eigenvalue weighted by Gasteiger charge is 2.59. The van der Waals surface area contributed by atoms with E-state index < -0.39 is 11.9 Å². The van der Waals surface area contributed by atoms with E-state index >= 15 is 0 Å². The Morgan fingerprint density at radius 3 is 2.20 bits per heavy atom. The predicted octanol–water partition coefficient (Wildman–Crippen LogP) is 2.97. The number of hydrogen-bond donors (Lipinski definition) is 0. The van der Waals surface area contributed by atoms with Crippen LogP contribution in [0.1, 0.15) is 12.8 Å². The first-order chi connectivity index (χ1) is 16.9. The summed E-state index contributed by atoms with van der Waals surface area (Å²) in [6.07, 6.45) is 5.01. The Bertz CT molecular complexity index is 1260. The Labute approximate surface area is 202 Å². The maximum atomic E-state index is 13.1. The molecule has 3 fully saturated rings. The topological polar surface area (TPSA) is 93.2 Å².